The summed E-state index contributed by atoms with van der Waals surface area (Å²) in [7, 11) is 0. The summed E-state index contributed by atoms with van der Waals surface area (Å²) in [6.45, 7) is 1.21. The van der Waals surface area contributed by atoms with Gasteiger partial charge in [0, 0.05) is 6.92 Å². The van der Waals surface area contributed by atoms with Gasteiger partial charge in [0.1, 0.15) is 18.8 Å². The van der Waals surface area contributed by atoms with Crippen molar-refractivity contribution in [2.45, 2.75) is 25.2 Å². The number of aliphatic hydroxyl groups is 2. The molecule has 0 bridgehead atoms. The fourth-order valence-electron chi connectivity index (χ4n) is 0.978. The molecule has 13 heavy (non-hydrogen) atoms. The van der Waals surface area contributed by atoms with Crippen LogP contribution < -0.4 is 0 Å². The zero-order chi connectivity index (χ0) is 9.84. The third-order valence-electron chi connectivity index (χ3n) is 1.71. The van der Waals surface area contributed by atoms with E-state index in [9.17, 15) is 9.90 Å². The molecule has 0 spiro atoms. The van der Waals surface area contributed by atoms with Gasteiger partial charge < -0.3 is 19.7 Å². The Hall–Kier alpha value is -1.07. The monoisotopic (exact) mass is 188 g/mol. The van der Waals surface area contributed by atoms with Crippen LogP contribution in [0, 0.1) is 0 Å². The first kappa shape index (κ1) is 10.0. The second-order valence-electron chi connectivity index (χ2n) is 2.79. The van der Waals surface area contributed by atoms with Crippen LogP contribution in [-0.4, -0.2) is 41.1 Å². The van der Waals surface area contributed by atoms with Gasteiger partial charge in [0.15, 0.2) is 6.10 Å². The second-order valence-corrected chi connectivity index (χ2v) is 2.79. The van der Waals surface area contributed by atoms with E-state index in [4.69, 9.17) is 9.84 Å². The summed E-state index contributed by atoms with van der Waals surface area (Å²) in [6, 6.07) is 0. The molecule has 3 atom stereocenters. The standard InChI is InChI=1S/C8H12O5/c1-5(9)13-4-7-8(11)6(10)2-3-12-7/h2-3,6-8,10-11H,4H2,1H3/t6-,7?,8+/m1/s1. The molecule has 1 heterocycles. The van der Waals surface area contributed by atoms with Gasteiger partial charge in [-0.3, -0.25) is 4.79 Å². The minimum absolute atomic E-state index is 0.0576. The zero-order valence-corrected chi connectivity index (χ0v) is 7.21. The molecule has 0 aliphatic carbocycles. The lowest BCUT2D eigenvalue weighted by atomic mass is 10.1. The summed E-state index contributed by atoms with van der Waals surface area (Å²) < 4.78 is 9.57. The number of hydrogen-bond acceptors (Lipinski definition) is 5. The van der Waals surface area contributed by atoms with Crippen LogP contribution in [0.2, 0.25) is 0 Å². The van der Waals surface area contributed by atoms with Crippen LogP contribution in [0.4, 0.5) is 0 Å². The predicted octanol–water partition coefficient (Wildman–Crippen LogP) is -0.816. The highest BCUT2D eigenvalue weighted by Gasteiger charge is 2.29. The van der Waals surface area contributed by atoms with Gasteiger partial charge in [-0.15, -0.1) is 0 Å². The first-order chi connectivity index (χ1) is 6.11. The molecule has 1 aliphatic rings. The Balaban J connectivity index is 2.42. The molecule has 1 rings (SSSR count). The Morgan fingerprint density at radius 2 is 2.31 bits per heavy atom. The highest BCUT2D eigenvalue weighted by molar-refractivity contribution is 5.65. The summed E-state index contributed by atoms with van der Waals surface area (Å²) >= 11 is 0. The van der Waals surface area contributed by atoms with Crippen LogP contribution in [-0.2, 0) is 14.3 Å². The fraction of sp³-hybridized carbons (Fsp3) is 0.625. The van der Waals surface area contributed by atoms with Gasteiger partial charge in [-0.1, -0.05) is 0 Å². The molecule has 0 aromatic carbocycles. The average molecular weight is 188 g/mol. The van der Waals surface area contributed by atoms with Crippen molar-refractivity contribution in [2.24, 2.45) is 0 Å². The van der Waals surface area contributed by atoms with E-state index in [-0.39, 0.29) is 6.61 Å². The third kappa shape index (κ3) is 2.71. The summed E-state index contributed by atoms with van der Waals surface area (Å²) in [5.74, 6) is -0.445. The Bertz CT molecular complexity index is 213. The van der Waals surface area contributed by atoms with Crippen molar-refractivity contribution < 1.29 is 24.5 Å². The summed E-state index contributed by atoms with van der Waals surface area (Å²) in [5, 5.41) is 18.5. The van der Waals surface area contributed by atoms with Crippen molar-refractivity contribution in [3.05, 3.63) is 12.3 Å². The highest BCUT2D eigenvalue weighted by atomic mass is 16.6. The molecule has 0 aromatic heterocycles. The van der Waals surface area contributed by atoms with E-state index in [2.05, 4.69) is 4.74 Å². The van der Waals surface area contributed by atoms with Crippen molar-refractivity contribution in [2.75, 3.05) is 6.61 Å². The molecule has 0 aromatic rings. The van der Waals surface area contributed by atoms with Crippen molar-refractivity contribution >= 4 is 5.97 Å². The lowest BCUT2D eigenvalue weighted by Gasteiger charge is -2.27. The maximum absolute atomic E-state index is 10.4. The molecule has 5 nitrogen and oxygen atoms in total. The molecular formula is C8H12O5. The van der Waals surface area contributed by atoms with Crippen LogP contribution in [0.25, 0.3) is 0 Å². The number of aliphatic hydroxyl groups excluding tert-OH is 2. The van der Waals surface area contributed by atoms with Crippen LogP contribution in [0.15, 0.2) is 12.3 Å². The van der Waals surface area contributed by atoms with Crippen LogP contribution in [0.5, 0.6) is 0 Å². The zero-order valence-electron chi connectivity index (χ0n) is 7.21. The Kier molecular flexibility index (Phi) is 3.27. The van der Waals surface area contributed by atoms with E-state index >= 15 is 0 Å². The summed E-state index contributed by atoms with van der Waals surface area (Å²) in [4.78, 5) is 10.4. The Morgan fingerprint density at radius 3 is 2.92 bits per heavy atom. The molecule has 0 radical (unpaired) electrons. The number of carbonyl (C=O) groups excluding carboxylic acids is 1. The lowest BCUT2D eigenvalue weighted by molar-refractivity contribution is -0.149. The van der Waals surface area contributed by atoms with E-state index < -0.39 is 24.3 Å². The van der Waals surface area contributed by atoms with Gasteiger partial charge in [-0.05, 0) is 6.08 Å². The van der Waals surface area contributed by atoms with Crippen molar-refractivity contribution in [3.8, 4) is 0 Å². The van der Waals surface area contributed by atoms with E-state index in [1.54, 1.807) is 0 Å². The predicted molar refractivity (Wildman–Crippen MR) is 42.7 cm³/mol. The summed E-state index contributed by atoms with van der Waals surface area (Å²) in [5.41, 5.74) is 0. The maximum Gasteiger partial charge on any atom is 0.302 e. The largest absolute Gasteiger partial charge is 0.492 e. The topological polar surface area (TPSA) is 76.0 Å². The normalized spacial score (nSPS) is 32.4. The van der Waals surface area contributed by atoms with Crippen LogP contribution in [0.3, 0.4) is 0 Å². The molecule has 0 saturated heterocycles. The molecule has 0 saturated carbocycles. The third-order valence-corrected chi connectivity index (χ3v) is 1.71. The van der Waals surface area contributed by atoms with E-state index in [0.717, 1.165) is 0 Å². The first-order valence-corrected chi connectivity index (χ1v) is 3.93. The van der Waals surface area contributed by atoms with Crippen LogP contribution >= 0.6 is 0 Å². The Labute approximate surface area is 75.6 Å². The van der Waals surface area contributed by atoms with Gasteiger partial charge >= 0.3 is 5.97 Å². The van der Waals surface area contributed by atoms with Gasteiger partial charge in [-0.25, -0.2) is 0 Å². The van der Waals surface area contributed by atoms with Gasteiger partial charge in [0.05, 0.1) is 6.26 Å². The van der Waals surface area contributed by atoms with Crippen molar-refractivity contribution in [3.63, 3.8) is 0 Å². The van der Waals surface area contributed by atoms with Crippen molar-refractivity contribution in [1.82, 2.24) is 0 Å². The number of esters is 1. The van der Waals surface area contributed by atoms with E-state index in [1.807, 2.05) is 0 Å². The highest BCUT2D eigenvalue weighted by Crippen LogP contribution is 2.12. The van der Waals surface area contributed by atoms with E-state index in [0.29, 0.717) is 0 Å². The minimum Gasteiger partial charge on any atom is -0.492 e. The molecule has 1 unspecified atom stereocenters. The number of carbonyl (C=O) groups is 1. The lowest BCUT2D eigenvalue weighted by Crippen LogP contribution is -2.42. The summed E-state index contributed by atoms with van der Waals surface area (Å²) in [6.07, 6.45) is -0.0944. The molecule has 5 heteroatoms. The molecule has 0 fully saturated rings. The van der Waals surface area contributed by atoms with E-state index in [1.165, 1.54) is 19.3 Å². The fourth-order valence-corrected chi connectivity index (χ4v) is 0.978. The molecule has 74 valence electrons. The molecule has 0 amide bonds. The van der Waals surface area contributed by atoms with Gasteiger partial charge in [-0.2, -0.15) is 0 Å². The Morgan fingerprint density at radius 1 is 1.62 bits per heavy atom. The number of rotatable bonds is 2. The molecule has 2 N–H and O–H groups in total. The van der Waals surface area contributed by atoms with Crippen molar-refractivity contribution in [1.29, 1.82) is 0 Å². The minimum atomic E-state index is -1.05. The van der Waals surface area contributed by atoms with Crippen LogP contribution in [0.1, 0.15) is 6.92 Å². The second kappa shape index (κ2) is 4.25. The SMILES string of the molecule is CC(=O)OCC1OC=C[C@@H](O)[C@@H]1O. The maximum atomic E-state index is 10.4. The average Bonchev–Trinajstić information content (AvgIpc) is 2.07. The smallest absolute Gasteiger partial charge is 0.302 e. The number of hydrogen-bond donors (Lipinski definition) is 2. The van der Waals surface area contributed by atoms with Gasteiger partial charge in [0.25, 0.3) is 0 Å². The molecular weight excluding hydrogens is 176 g/mol. The molecule has 1 aliphatic heterocycles. The van der Waals surface area contributed by atoms with Gasteiger partial charge in [0.2, 0.25) is 0 Å². The number of ether oxygens (including phenoxy) is 2. The quantitative estimate of drug-likeness (QED) is 0.554. The first-order valence-electron chi connectivity index (χ1n) is 3.93.